The van der Waals surface area contributed by atoms with E-state index < -0.39 is 0 Å². The van der Waals surface area contributed by atoms with Crippen molar-refractivity contribution in [3.05, 3.63) is 71.0 Å². The summed E-state index contributed by atoms with van der Waals surface area (Å²) in [5, 5.41) is 3.30. The number of nitrogens with zero attached hydrogens (tertiary/aromatic N) is 1. The molecule has 4 nitrogen and oxygen atoms in total. The highest BCUT2D eigenvalue weighted by molar-refractivity contribution is 5.77. The SMILES string of the molecule is NC1CC2(NC(=O)N3CCc4ccccc4[C@@H]3c3ccc(F)cc3)CCC12. The van der Waals surface area contributed by atoms with Gasteiger partial charge in [0.25, 0.3) is 0 Å². The van der Waals surface area contributed by atoms with Crippen LogP contribution in [0.5, 0.6) is 0 Å². The Bertz CT molecular complexity index is 883. The highest BCUT2D eigenvalue weighted by Gasteiger charge is 2.59. The first-order valence-electron chi connectivity index (χ1n) is 9.75. The van der Waals surface area contributed by atoms with E-state index >= 15 is 0 Å². The average Bonchev–Trinajstić information content (AvgIpc) is 2.66. The molecule has 1 heterocycles. The zero-order valence-corrected chi connectivity index (χ0v) is 15.2. The number of carbonyl (C=O) groups is 1. The van der Waals surface area contributed by atoms with Crippen molar-refractivity contribution in [3.8, 4) is 0 Å². The van der Waals surface area contributed by atoms with Crippen molar-refractivity contribution in [2.24, 2.45) is 11.7 Å². The predicted molar refractivity (Wildman–Crippen MR) is 102 cm³/mol. The summed E-state index contributed by atoms with van der Waals surface area (Å²) in [7, 11) is 0. The van der Waals surface area contributed by atoms with Crippen LogP contribution in [-0.4, -0.2) is 29.1 Å². The Kier molecular flexibility index (Phi) is 3.76. The molecule has 0 spiro atoms. The van der Waals surface area contributed by atoms with Crippen LogP contribution in [-0.2, 0) is 6.42 Å². The fourth-order valence-electron chi connectivity index (χ4n) is 5.22. The maximum absolute atomic E-state index is 13.5. The number of hydrogen-bond donors (Lipinski definition) is 2. The van der Waals surface area contributed by atoms with Crippen molar-refractivity contribution in [1.82, 2.24) is 10.2 Å². The molecule has 3 aliphatic rings. The lowest BCUT2D eigenvalue weighted by molar-refractivity contribution is -0.0359. The first-order valence-corrected chi connectivity index (χ1v) is 9.75. The molecule has 0 aromatic heterocycles. The van der Waals surface area contributed by atoms with Crippen LogP contribution in [0.25, 0.3) is 0 Å². The Morgan fingerprint density at radius 2 is 1.96 bits per heavy atom. The summed E-state index contributed by atoms with van der Waals surface area (Å²) in [5.41, 5.74) is 9.31. The van der Waals surface area contributed by atoms with Gasteiger partial charge in [-0.3, -0.25) is 0 Å². The van der Waals surface area contributed by atoms with Crippen LogP contribution >= 0.6 is 0 Å². The highest BCUT2D eigenvalue weighted by atomic mass is 19.1. The number of nitrogens with one attached hydrogen (secondary N) is 1. The molecular weight excluding hydrogens is 341 g/mol. The lowest BCUT2D eigenvalue weighted by Crippen LogP contribution is -2.75. The van der Waals surface area contributed by atoms with Gasteiger partial charge in [-0.15, -0.1) is 0 Å². The van der Waals surface area contributed by atoms with Gasteiger partial charge in [-0.25, -0.2) is 9.18 Å². The van der Waals surface area contributed by atoms with Gasteiger partial charge in [0.05, 0.1) is 6.04 Å². The second kappa shape index (κ2) is 6.06. The molecule has 140 valence electrons. The quantitative estimate of drug-likeness (QED) is 0.857. The summed E-state index contributed by atoms with van der Waals surface area (Å²) in [4.78, 5) is 15.2. The zero-order chi connectivity index (χ0) is 18.6. The Morgan fingerprint density at radius 1 is 1.19 bits per heavy atom. The van der Waals surface area contributed by atoms with E-state index in [1.165, 1.54) is 17.7 Å². The van der Waals surface area contributed by atoms with Crippen LogP contribution in [0.2, 0.25) is 0 Å². The van der Waals surface area contributed by atoms with Crippen LogP contribution in [0.3, 0.4) is 0 Å². The van der Waals surface area contributed by atoms with Gasteiger partial charge in [0.2, 0.25) is 0 Å². The molecule has 2 fully saturated rings. The number of benzene rings is 2. The fraction of sp³-hybridized carbons (Fsp3) is 0.409. The van der Waals surface area contributed by atoms with Crippen LogP contribution in [0.4, 0.5) is 9.18 Å². The van der Waals surface area contributed by atoms with Crippen LogP contribution in [0, 0.1) is 11.7 Å². The molecule has 2 saturated carbocycles. The molecule has 3 unspecified atom stereocenters. The summed E-state index contributed by atoms with van der Waals surface area (Å²) in [6.45, 7) is 0.650. The standard InChI is InChI=1S/C22H24FN3O/c23-16-7-5-15(6-8-16)20-17-4-2-1-3-14(17)10-12-26(20)21(27)25-22-11-9-18(22)19(24)13-22/h1-8,18-20H,9-13,24H2,(H,25,27)/t18?,19?,20-,22?/m0/s1. The maximum atomic E-state index is 13.5. The Morgan fingerprint density at radius 3 is 2.63 bits per heavy atom. The maximum Gasteiger partial charge on any atom is 0.318 e. The monoisotopic (exact) mass is 365 g/mol. The lowest BCUT2D eigenvalue weighted by Gasteiger charge is -2.62. The van der Waals surface area contributed by atoms with Crippen molar-refractivity contribution >= 4 is 6.03 Å². The molecule has 0 radical (unpaired) electrons. The molecule has 4 atom stereocenters. The summed E-state index contributed by atoms with van der Waals surface area (Å²) >= 11 is 0. The van der Waals surface area contributed by atoms with Gasteiger partial charge in [0.15, 0.2) is 0 Å². The fourth-order valence-corrected chi connectivity index (χ4v) is 5.22. The molecule has 2 aromatic rings. The smallest absolute Gasteiger partial charge is 0.318 e. The number of carbonyl (C=O) groups excluding carboxylic acids is 1. The number of hydrogen-bond acceptors (Lipinski definition) is 2. The molecule has 3 N–H and O–H groups in total. The number of amides is 2. The first-order chi connectivity index (χ1) is 13.1. The lowest BCUT2D eigenvalue weighted by atomic mass is 9.50. The molecule has 0 saturated heterocycles. The van der Waals surface area contributed by atoms with E-state index in [0.29, 0.717) is 12.5 Å². The van der Waals surface area contributed by atoms with Crippen molar-refractivity contribution in [2.45, 2.75) is 43.3 Å². The largest absolute Gasteiger partial charge is 0.332 e. The van der Waals surface area contributed by atoms with E-state index in [4.69, 9.17) is 5.73 Å². The van der Waals surface area contributed by atoms with Gasteiger partial charge in [-0.2, -0.15) is 0 Å². The number of urea groups is 1. The van der Waals surface area contributed by atoms with E-state index in [-0.39, 0.29) is 29.5 Å². The minimum atomic E-state index is -0.265. The van der Waals surface area contributed by atoms with Gasteiger partial charge >= 0.3 is 6.03 Å². The Labute approximate surface area is 158 Å². The van der Waals surface area contributed by atoms with Gasteiger partial charge in [-0.05, 0) is 60.4 Å². The summed E-state index contributed by atoms with van der Waals surface area (Å²) < 4.78 is 13.5. The predicted octanol–water partition coefficient (Wildman–Crippen LogP) is 3.36. The summed E-state index contributed by atoms with van der Waals surface area (Å²) in [6, 6.07) is 14.7. The third-order valence-electron chi connectivity index (χ3n) is 6.81. The van der Waals surface area contributed by atoms with Gasteiger partial charge in [-0.1, -0.05) is 36.4 Å². The van der Waals surface area contributed by atoms with Gasteiger partial charge < -0.3 is 16.0 Å². The number of nitrogens with two attached hydrogens (primary N) is 1. The topological polar surface area (TPSA) is 58.4 Å². The second-order valence-corrected chi connectivity index (χ2v) is 8.20. The minimum Gasteiger partial charge on any atom is -0.332 e. The van der Waals surface area contributed by atoms with Crippen LogP contribution < -0.4 is 11.1 Å². The molecule has 27 heavy (non-hydrogen) atoms. The minimum absolute atomic E-state index is 0.0320. The molecule has 5 heteroatoms. The van der Waals surface area contributed by atoms with Crippen molar-refractivity contribution in [1.29, 1.82) is 0 Å². The van der Waals surface area contributed by atoms with E-state index in [0.717, 1.165) is 36.8 Å². The van der Waals surface area contributed by atoms with Crippen molar-refractivity contribution < 1.29 is 9.18 Å². The third kappa shape index (κ3) is 2.56. The molecule has 2 amide bonds. The van der Waals surface area contributed by atoms with E-state index in [9.17, 15) is 9.18 Å². The number of halogens is 1. The normalized spacial score (nSPS) is 31.2. The molecule has 1 aliphatic heterocycles. The number of fused-ring (bicyclic) bond motifs is 2. The van der Waals surface area contributed by atoms with E-state index in [1.54, 1.807) is 12.1 Å². The molecule has 2 aliphatic carbocycles. The Balaban J connectivity index is 1.47. The number of rotatable bonds is 2. The van der Waals surface area contributed by atoms with Crippen LogP contribution in [0.1, 0.15) is 42.0 Å². The second-order valence-electron chi connectivity index (χ2n) is 8.20. The Hall–Kier alpha value is -2.40. The molecule has 0 bridgehead atoms. The summed E-state index contributed by atoms with van der Waals surface area (Å²) in [5.74, 6) is 0.154. The zero-order valence-electron chi connectivity index (χ0n) is 15.2. The third-order valence-corrected chi connectivity index (χ3v) is 6.81. The van der Waals surface area contributed by atoms with Crippen LogP contribution in [0.15, 0.2) is 48.5 Å². The first kappa shape index (κ1) is 16.8. The van der Waals surface area contributed by atoms with Crippen molar-refractivity contribution in [2.75, 3.05) is 6.54 Å². The van der Waals surface area contributed by atoms with Gasteiger partial charge in [0.1, 0.15) is 5.82 Å². The highest BCUT2D eigenvalue weighted by Crippen LogP contribution is 2.53. The van der Waals surface area contributed by atoms with Gasteiger partial charge in [0, 0.05) is 18.1 Å². The molecule has 5 rings (SSSR count). The van der Waals surface area contributed by atoms with Crippen molar-refractivity contribution in [3.63, 3.8) is 0 Å². The average molecular weight is 365 g/mol. The van der Waals surface area contributed by atoms with E-state index in [2.05, 4.69) is 17.4 Å². The summed E-state index contributed by atoms with van der Waals surface area (Å²) in [6.07, 6.45) is 3.82. The van der Waals surface area contributed by atoms with E-state index in [1.807, 2.05) is 17.0 Å². The molecular formula is C22H24FN3O. The molecule has 2 aromatic carbocycles.